The molecule has 3 heterocycles. The van der Waals surface area contributed by atoms with Gasteiger partial charge in [-0.15, -0.1) is 0 Å². The van der Waals surface area contributed by atoms with Crippen molar-refractivity contribution in [1.29, 1.82) is 0 Å². The van der Waals surface area contributed by atoms with Gasteiger partial charge in [0, 0.05) is 0 Å². The summed E-state index contributed by atoms with van der Waals surface area (Å²) in [5.41, 5.74) is 3.78. The van der Waals surface area contributed by atoms with Crippen LogP contribution in [0, 0.1) is 0 Å². The normalized spacial score (nSPS) is 42.1. The van der Waals surface area contributed by atoms with Gasteiger partial charge in [-0.1, -0.05) is 91.0 Å². The Balaban J connectivity index is 1.00. The van der Waals surface area contributed by atoms with Crippen LogP contribution in [0.3, 0.4) is 0 Å². The molecule has 43 heavy (non-hydrogen) atoms. The van der Waals surface area contributed by atoms with Crippen LogP contribution >= 0.6 is 0 Å². The molecule has 224 valence electrons. The highest BCUT2D eigenvalue weighted by molar-refractivity contribution is 5.26. The molecule has 4 heteroatoms. The van der Waals surface area contributed by atoms with Gasteiger partial charge < -0.3 is 14.2 Å². The summed E-state index contributed by atoms with van der Waals surface area (Å²) in [6.45, 7) is 0. The van der Waals surface area contributed by atoms with Crippen LogP contribution in [0.1, 0.15) is 111 Å². The highest BCUT2D eigenvalue weighted by Crippen LogP contribution is 2.64. The Morgan fingerprint density at radius 3 is 0.907 bits per heavy atom. The number of fused-ring (bicyclic) bond motifs is 3. The molecule has 6 fully saturated rings. The first-order valence-corrected chi connectivity index (χ1v) is 17.1. The van der Waals surface area contributed by atoms with Crippen molar-refractivity contribution in [2.24, 2.45) is 0 Å². The minimum atomic E-state index is -0.221. The van der Waals surface area contributed by atoms with E-state index in [1.54, 1.807) is 0 Å². The average Bonchev–Trinajstić information content (AvgIpc) is 3.67. The van der Waals surface area contributed by atoms with Gasteiger partial charge in [0.15, 0.2) is 0 Å². The summed E-state index contributed by atoms with van der Waals surface area (Å²) in [5, 5.41) is 0. The molecule has 3 aromatic carbocycles. The van der Waals surface area contributed by atoms with Crippen LogP contribution in [0.5, 0.6) is 0 Å². The van der Waals surface area contributed by atoms with E-state index < -0.39 is 0 Å². The smallest absolute Gasteiger partial charge is 0.145 e. The van der Waals surface area contributed by atoms with Gasteiger partial charge in [0.25, 0.3) is 0 Å². The van der Waals surface area contributed by atoms with Crippen molar-refractivity contribution in [3.8, 4) is 0 Å². The van der Waals surface area contributed by atoms with E-state index in [0.29, 0.717) is 17.8 Å². The van der Waals surface area contributed by atoms with E-state index in [9.17, 15) is 0 Å². The summed E-state index contributed by atoms with van der Waals surface area (Å²) in [7, 11) is 0. The quantitative estimate of drug-likeness (QED) is 0.313. The number of ether oxygens (including phenoxy) is 3. The average molecular weight is 576 g/mol. The number of nitrogens with zero attached hydrogens (tertiary/aromatic N) is 1. The zero-order valence-electron chi connectivity index (χ0n) is 25.3. The highest BCUT2D eigenvalue weighted by atomic mass is 16.7. The largest absolute Gasteiger partial charge is 0.349 e. The van der Waals surface area contributed by atoms with E-state index in [0.717, 1.165) is 38.5 Å². The van der Waals surface area contributed by atoms with Crippen LogP contribution in [0.15, 0.2) is 91.0 Å². The van der Waals surface area contributed by atoms with E-state index >= 15 is 0 Å². The van der Waals surface area contributed by atoms with Gasteiger partial charge in [-0.3, -0.25) is 0 Å². The van der Waals surface area contributed by atoms with Crippen molar-refractivity contribution in [3.63, 3.8) is 0 Å². The third-order valence-electron chi connectivity index (χ3n) is 12.5. The third-order valence-corrected chi connectivity index (χ3v) is 12.5. The van der Waals surface area contributed by atoms with Gasteiger partial charge in [-0.05, 0) is 111 Å². The van der Waals surface area contributed by atoms with Gasteiger partial charge in [0.1, 0.15) is 35.5 Å². The Hall–Kier alpha value is -2.50. The van der Waals surface area contributed by atoms with Crippen LogP contribution in [0.25, 0.3) is 0 Å². The summed E-state index contributed by atoms with van der Waals surface area (Å²) in [4.78, 5) is 2.63. The fraction of sp³-hybridized carbons (Fsp3) is 0.538. The Morgan fingerprint density at radius 1 is 0.395 bits per heavy atom. The first-order valence-electron chi connectivity index (χ1n) is 17.1. The Labute approximate surface area is 256 Å². The van der Waals surface area contributed by atoms with Gasteiger partial charge in [0.2, 0.25) is 0 Å². The van der Waals surface area contributed by atoms with Crippen molar-refractivity contribution >= 4 is 0 Å². The first kappa shape index (κ1) is 26.9. The van der Waals surface area contributed by atoms with Crippen LogP contribution in [-0.2, 0) is 14.2 Å². The monoisotopic (exact) mass is 575 g/mol. The Morgan fingerprint density at radius 2 is 0.651 bits per heavy atom. The fourth-order valence-electron chi connectivity index (χ4n) is 10.1. The Bertz CT molecular complexity index is 1230. The maximum absolute atomic E-state index is 7.37. The van der Waals surface area contributed by atoms with E-state index in [1.165, 1.54) is 55.2 Å². The summed E-state index contributed by atoms with van der Waals surface area (Å²) in [6, 6.07) is 33.4. The molecule has 9 rings (SSSR count). The molecular weight excluding hydrogens is 530 g/mol. The minimum Gasteiger partial charge on any atom is -0.349 e. The SMILES string of the molecule is c1ccc(C2CCC3(CC2)OC2N4C3OC3(CCC(c5ccccc5)CC3)C4OC23CCC(c2ccccc2)CC3)cc1. The number of hydrogen-bond donors (Lipinski definition) is 0. The maximum atomic E-state index is 7.37. The van der Waals surface area contributed by atoms with Crippen LogP contribution in [-0.4, -0.2) is 40.4 Å². The lowest BCUT2D eigenvalue weighted by Crippen LogP contribution is -2.47. The molecule has 3 aliphatic heterocycles. The third kappa shape index (κ3) is 4.24. The van der Waals surface area contributed by atoms with E-state index in [1.807, 2.05) is 0 Å². The van der Waals surface area contributed by atoms with Crippen LogP contribution in [0.2, 0.25) is 0 Å². The Kier molecular flexibility index (Phi) is 6.42. The molecular formula is C39H45NO3. The van der Waals surface area contributed by atoms with Crippen LogP contribution in [0.4, 0.5) is 0 Å². The van der Waals surface area contributed by atoms with Gasteiger partial charge in [-0.25, -0.2) is 4.90 Å². The molecule has 0 N–H and O–H groups in total. The molecule has 3 spiro atoms. The predicted octanol–water partition coefficient (Wildman–Crippen LogP) is 8.65. The fourth-order valence-corrected chi connectivity index (χ4v) is 10.1. The summed E-state index contributed by atoms with van der Waals surface area (Å²) >= 11 is 0. The van der Waals surface area contributed by atoms with Crippen molar-refractivity contribution < 1.29 is 14.2 Å². The van der Waals surface area contributed by atoms with E-state index in [4.69, 9.17) is 14.2 Å². The minimum absolute atomic E-state index is 0.0127. The van der Waals surface area contributed by atoms with Crippen molar-refractivity contribution in [2.45, 2.75) is 130 Å². The standard InChI is InChI=1S/C39H45NO3/c1-4-10-28(11-5-1)31-16-22-37(23-17-31)34-40-35(41-37)38(24-18-32(19-25-38)29-12-6-2-7-13-29)43-36(40)39(42-34)26-20-33(21-27-39)30-14-8-3-9-15-30/h1-15,31-36H,16-27H2. The molecule has 3 aromatic rings. The molecule has 3 saturated heterocycles. The number of hydrogen-bond acceptors (Lipinski definition) is 4. The summed E-state index contributed by atoms with van der Waals surface area (Å²) in [6.07, 6.45) is 13.5. The number of rotatable bonds is 3. The molecule has 3 aliphatic carbocycles. The van der Waals surface area contributed by atoms with E-state index in [-0.39, 0.29) is 35.5 Å². The molecule has 6 aliphatic rings. The zero-order valence-corrected chi connectivity index (χ0v) is 25.3. The van der Waals surface area contributed by atoms with Gasteiger partial charge in [-0.2, -0.15) is 0 Å². The lowest BCUT2D eigenvalue weighted by Gasteiger charge is -2.42. The molecule has 0 aromatic heterocycles. The molecule has 3 saturated carbocycles. The van der Waals surface area contributed by atoms with Gasteiger partial charge >= 0.3 is 0 Å². The lowest BCUT2D eigenvalue weighted by molar-refractivity contribution is -0.166. The molecule has 3 unspecified atom stereocenters. The van der Waals surface area contributed by atoms with Crippen molar-refractivity contribution in [3.05, 3.63) is 108 Å². The first-order chi connectivity index (χ1) is 21.2. The second-order valence-electron chi connectivity index (χ2n) is 14.6. The second-order valence-corrected chi connectivity index (χ2v) is 14.6. The predicted molar refractivity (Wildman–Crippen MR) is 168 cm³/mol. The second kappa shape index (κ2) is 10.3. The van der Waals surface area contributed by atoms with Crippen LogP contribution < -0.4 is 0 Å². The summed E-state index contributed by atoms with van der Waals surface area (Å²) < 4.78 is 22.1. The molecule has 4 nitrogen and oxygen atoms in total. The molecule has 0 bridgehead atoms. The molecule has 0 radical (unpaired) electrons. The topological polar surface area (TPSA) is 30.9 Å². The van der Waals surface area contributed by atoms with E-state index in [2.05, 4.69) is 95.9 Å². The number of benzene rings is 3. The molecule has 3 atom stereocenters. The lowest BCUT2D eigenvalue weighted by atomic mass is 9.75. The summed E-state index contributed by atoms with van der Waals surface area (Å²) in [5.74, 6) is 1.85. The zero-order chi connectivity index (χ0) is 28.5. The maximum Gasteiger partial charge on any atom is 0.145 e. The molecule has 0 amide bonds. The van der Waals surface area contributed by atoms with Crippen molar-refractivity contribution in [1.82, 2.24) is 4.90 Å². The van der Waals surface area contributed by atoms with Crippen molar-refractivity contribution in [2.75, 3.05) is 0 Å². The van der Waals surface area contributed by atoms with Gasteiger partial charge in [0.05, 0.1) is 0 Å². The highest BCUT2D eigenvalue weighted by Gasteiger charge is 2.75.